The highest BCUT2D eigenvalue weighted by atomic mass is 16.5. The summed E-state index contributed by atoms with van der Waals surface area (Å²) in [4.78, 5) is 38.9. The number of morpholine rings is 1. The number of hydrogen-bond acceptors (Lipinski definition) is 5. The van der Waals surface area contributed by atoms with Gasteiger partial charge < -0.3 is 20.3 Å². The number of Topliss-reactive ketones (excluding diaryl/α,β-unsaturated/α-hetero) is 1. The van der Waals surface area contributed by atoms with Crippen LogP contribution in [0.2, 0.25) is 0 Å². The quantitative estimate of drug-likeness (QED) is 0.629. The van der Waals surface area contributed by atoms with Crippen molar-refractivity contribution in [3.63, 3.8) is 0 Å². The molecule has 0 bridgehead atoms. The van der Waals surface area contributed by atoms with Crippen molar-refractivity contribution in [1.29, 1.82) is 0 Å². The van der Waals surface area contributed by atoms with E-state index in [1.165, 1.54) is 6.92 Å². The van der Waals surface area contributed by atoms with Gasteiger partial charge in [-0.15, -0.1) is 0 Å². The third-order valence-corrected chi connectivity index (χ3v) is 5.52. The van der Waals surface area contributed by atoms with E-state index in [1.807, 2.05) is 12.1 Å². The molecule has 31 heavy (non-hydrogen) atoms. The summed E-state index contributed by atoms with van der Waals surface area (Å²) in [5.41, 5.74) is 3.83. The maximum Gasteiger partial charge on any atom is 0.328 e. The van der Waals surface area contributed by atoms with E-state index in [-0.39, 0.29) is 11.5 Å². The number of ether oxygens (including phenoxy) is 1. The van der Waals surface area contributed by atoms with E-state index < -0.39 is 6.03 Å². The van der Waals surface area contributed by atoms with Gasteiger partial charge in [0.25, 0.3) is 0 Å². The number of amides is 2. The van der Waals surface area contributed by atoms with Crippen LogP contribution in [-0.4, -0.2) is 47.3 Å². The molecular formula is C22H25N5O4. The number of rotatable bonds is 4. The van der Waals surface area contributed by atoms with Crippen molar-refractivity contribution in [3.8, 4) is 0 Å². The molecule has 0 aliphatic carbocycles. The largest absolute Gasteiger partial charge is 0.378 e. The van der Waals surface area contributed by atoms with E-state index in [0.29, 0.717) is 43.2 Å². The summed E-state index contributed by atoms with van der Waals surface area (Å²) in [6, 6.07) is 10.1. The normalized spacial score (nSPS) is 14.0. The number of benzene rings is 2. The van der Waals surface area contributed by atoms with Crippen LogP contribution < -0.4 is 21.2 Å². The molecule has 2 amide bonds. The molecule has 2 N–H and O–H groups in total. The van der Waals surface area contributed by atoms with Crippen molar-refractivity contribution < 1.29 is 14.3 Å². The zero-order valence-corrected chi connectivity index (χ0v) is 17.8. The molecule has 4 rings (SSSR count). The molecule has 0 unspecified atom stereocenters. The summed E-state index contributed by atoms with van der Waals surface area (Å²) in [5.74, 6) is -0.0749. The van der Waals surface area contributed by atoms with Gasteiger partial charge in [0, 0.05) is 38.4 Å². The number of aryl methyl sites for hydroxylation is 2. The third kappa shape index (κ3) is 4.04. The Kier molecular flexibility index (Phi) is 5.51. The van der Waals surface area contributed by atoms with Crippen LogP contribution >= 0.6 is 0 Å². The molecule has 9 heteroatoms. The maximum atomic E-state index is 12.8. The van der Waals surface area contributed by atoms with Gasteiger partial charge in [-0.3, -0.25) is 13.9 Å². The third-order valence-electron chi connectivity index (χ3n) is 5.52. The van der Waals surface area contributed by atoms with Gasteiger partial charge in [0.1, 0.15) is 0 Å². The number of urea groups is 1. The summed E-state index contributed by atoms with van der Waals surface area (Å²) < 4.78 is 8.60. The van der Waals surface area contributed by atoms with Gasteiger partial charge in [-0.25, -0.2) is 9.59 Å². The molecule has 9 nitrogen and oxygen atoms in total. The summed E-state index contributed by atoms with van der Waals surface area (Å²) in [7, 11) is 3.44. The molecule has 3 aromatic rings. The van der Waals surface area contributed by atoms with E-state index in [1.54, 1.807) is 47.5 Å². The second-order valence-corrected chi connectivity index (χ2v) is 7.57. The van der Waals surface area contributed by atoms with Crippen molar-refractivity contribution in [2.75, 3.05) is 41.8 Å². The predicted molar refractivity (Wildman–Crippen MR) is 120 cm³/mol. The van der Waals surface area contributed by atoms with Gasteiger partial charge in [-0.2, -0.15) is 0 Å². The number of ketones is 1. The molecule has 1 saturated heterocycles. The van der Waals surface area contributed by atoms with Crippen LogP contribution in [0.5, 0.6) is 0 Å². The fourth-order valence-corrected chi connectivity index (χ4v) is 3.80. The number of carbonyl (C=O) groups is 2. The number of aromatic nitrogens is 2. The molecule has 1 aliphatic heterocycles. The van der Waals surface area contributed by atoms with Crippen molar-refractivity contribution >= 4 is 39.9 Å². The first-order chi connectivity index (χ1) is 14.8. The highest BCUT2D eigenvalue weighted by molar-refractivity contribution is 6.04. The van der Waals surface area contributed by atoms with E-state index in [2.05, 4.69) is 15.5 Å². The van der Waals surface area contributed by atoms with E-state index in [0.717, 1.165) is 16.7 Å². The lowest BCUT2D eigenvalue weighted by Gasteiger charge is -2.30. The molecule has 0 radical (unpaired) electrons. The summed E-state index contributed by atoms with van der Waals surface area (Å²) in [6.45, 7) is 4.03. The molecule has 1 aromatic heterocycles. The molecule has 0 saturated carbocycles. The van der Waals surface area contributed by atoms with Crippen LogP contribution in [0.1, 0.15) is 17.3 Å². The Balaban J connectivity index is 1.68. The number of hydrogen-bond donors (Lipinski definition) is 2. The fraction of sp³-hybridized carbons (Fsp3) is 0.318. The molecule has 2 heterocycles. The van der Waals surface area contributed by atoms with Gasteiger partial charge in [-0.1, -0.05) is 12.1 Å². The smallest absolute Gasteiger partial charge is 0.328 e. The van der Waals surface area contributed by atoms with Gasteiger partial charge in [0.05, 0.1) is 35.6 Å². The number of nitrogens with one attached hydrogen (secondary N) is 2. The average molecular weight is 423 g/mol. The average Bonchev–Trinajstić information content (AvgIpc) is 2.97. The lowest BCUT2D eigenvalue weighted by Crippen LogP contribution is -2.37. The molecule has 162 valence electrons. The number of imidazole rings is 1. The summed E-state index contributed by atoms with van der Waals surface area (Å²) >= 11 is 0. The van der Waals surface area contributed by atoms with E-state index in [4.69, 9.17) is 4.74 Å². The molecule has 1 aliphatic rings. The van der Waals surface area contributed by atoms with Crippen molar-refractivity contribution in [3.05, 3.63) is 52.4 Å². The van der Waals surface area contributed by atoms with Crippen LogP contribution in [0.15, 0.2) is 41.2 Å². The van der Waals surface area contributed by atoms with Crippen molar-refractivity contribution in [1.82, 2.24) is 9.13 Å². The minimum atomic E-state index is -0.435. The minimum Gasteiger partial charge on any atom is -0.378 e. The zero-order chi connectivity index (χ0) is 22.1. The topological polar surface area (TPSA) is 97.6 Å². The second-order valence-electron chi connectivity index (χ2n) is 7.57. The molecule has 0 atom stereocenters. The van der Waals surface area contributed by atoms with E-state index >= 15 is 0 Å². The highest BCUT2D eigenvalue weighted by Crippen LogP contribution is 2.32. The maximum absolute atomic E-state index is 12.8. The Morgan fingerprint density at radius 1 is 0.968 bits per heavy atom. The molecule has 0 spiro atoms. The van der Waals surface area contributed by atoms with Crippen molar-refractivity contribution in [2.24, 2.45) is 14.1 Å². The Bertz CT molecular complexity index is 1220. The second kappa shape index (κ2) is 8.27. The first-order valence-electron chi connectivity index (χ1n) is 10.1. The first-order valence-corrected chi connectivity index (χ1v) is 10.1. The van der Waals surface area contributed by atoms with E-state index in [9.17, 15) is 14.4 Å². The molecule has 1 fully saturated rings. The predicted octanol–water partition coefficient (Wildman–Crippen LogP) is 2.56. The van der Waals surface area contributed by atoms with Gasteiger partial charge in [-0.05, 0) is 31.2 Å². The molecular weight excluding hydrogens is 398 g/mol. The number of carbonyl (C=O) groups excluding carboxylic acids is 2. The Morgan fingerprint density at radius 2 is 1.65 bits per heavy atom. The molecule has 2 aromatic carbocycles. The van der Waals surface area contributed by atoms with Gasteiger partial charge in [0.2, 0.25) is 0 Å². The van der Waals surface area contributed by atoms with Crippen LogP contribution in [0.25, 0.3) is 11.0 Å². The highest BCUT2D eigenvalue weighted by Gasteiger charge is 2.20. The lowest BCUT2D eigenvalue weighted by atomic mass is 10.1. The monoisotopic (exact) mass is 423 g/mol. The summed E-state index contributed by atoms with van der Waals surface area (Å²) in [5, 5.41) is 5.69. The number of anilines is 3. The standard InChI is InChI=1S/C22H25N5O4/c1-14(28)15-5-4-6-16(11-15)23-21(29)24-17-12-19-20(26(3)22(30)25(19)2)13-18(17)27-7-9-31-10-8-27/h4-6,11-13H,7-10H2,1-3H3,(H2,23,24,29). The van der Waals surface area contributed by atoms with Gasteiger partial charge >= 0.3 is 11.7 Å². The minimum absolute atomic E-state index is 0.0749. The van der Waals surface area contributed by atoms with Crippen LogP contribution in [0.3, 0.4) is 0 Å². The van der Waals surface area contributed by atoms with Gasteiger partial charge in [0.15, 0.2) is 5.78 Å². The van der Waals surface area contributed by atoms with Crippen LogP contribution in [-0.2, 0) is 18.8 Å². The lowest BCUT2D eigenvalue weighted by molar-refractivity contribution is 0.101. The Labute approximate surface area is 179 Å². The Hall–Kier alpha value is -3.59. The fourth-order valence-electron chi connectivity index (χ4n) is 3.80. The number of nitrogens with zero attached hydrogens (tertiary/aromatic N) is 3. The Morgan fingerprint density at radius 3 is 2.32 bits per heavy atom. The van der Waals surface area contributed by atoms with Crippen molar-refractivity contribution in [2.45, 2.75) is 6.92 Å². The summed E-state index contributed by atoms with van der Waals surface area (Å²) in [6.07, 6.45) is 0. The zero-order valence-electron chi connectivity index (χ0n) is 17.8. The number of fused-ring (bicyclic) bond motifs is 1. The first kappa shape index (κ1) is 20.7. The SMILES string of the molecule is CC(=O)c1cccc(NC(=O)Nc2cc3c(cc2N2CCOCC2)n(C)c(=O)n3C)c1. The van der Waals surface area contributed by atoms with Crippen LogP contribution in [0, 0.1) is 0 Å². The van der Waals surface area contributed by atoms with Crippen LogP contribution in [0.4, 0.5) is 21.9 Å².